The molecule has 0 N–H and O–H groups in total. The molecule has 0 radical (unpaired) electrons. The fraction of sp³-hybridized carbons (Fsp3) is 0.143. The summed E-state index contributed by atoms with van der Waals surface area (Å²) in [6.45, 7) is 7.37. The van der Waals surface area contributed by atoms with Gasteiger partial charge in [-0.15, -0.1) is 0 Å². The lowest BCUT2D eigenvalue weighted by Crippen LogP contribution is -1.77. The van der Waals surface area contributed by atoms with Gasteiger partial charge in [-0.3, -0.25) is 0 Å². The molecule has 0 bridgehead atoms. The Morgan fingerprint density at radius 3 is 2.67 bits per heavy atom. The summed E-state index contributed by atoms with van der Waals surface area (Å²) in [6.07, 6.45) is 3.35. The van der Waals surface area contributed by atoms with Crippen LogP contribution in [0.5, 0.6) is 0 Å². The summed E-state index contributed by atoms with van der Waals surface area (Å²) in [5.41, 5.74) is 0. The Kier molecular flexibility index (Phi) is 1.58. The van der Waals surface area contributed by atoms with E-state index in [0.29, 0.717) is 11.5 Å². The molecule has 0 atom stereocenters. The van der Waals surface area contributed by atoms with Crippen LogP contribution in [0.1, 0.15) is 0 Å². The van der Waals surface area contributed by atoms with E-state index in [-0.39, 0.29) is 6.79 Å². The second-order valence-electron chi connectivity index (χ2n) is 1.60. The molecule has 0 amide bonds. The predicted octanol–water partition coefficient (Wildman–Crippen LogP) is 1.57. The molecule has 1 heterocycles. The molecule has 1 aliphatic heterocycles. The molecule has 0 saturated carbocycles. The summed E-state index contributed by atoms with van der Waals surface area (Å²) in [5, 5.41) is 0. The van der Waals surface area contributed by atoms with E-state index in [2.05, 4.69) is 13.2 Å². The van der Waals surface area contributed by atoms with Crippen molar-refractivity contribution >= 4 is 0 Å². The summed E-state index contributed by atoms with van der Waals surface area (Å²) in [7, 11) is 0. The smallest absolute Gasteiger partial charge is 0.231 e. The fourth-order valence-electron chi connectivity index (χ4n) is 0.564. The second kappa shape index (κ2) is 2.40. The third-order valence-corrected chi connectivity index (χ3v) is 0.992. The largest absolute Gasteiger partial charge is 0.454 e. The van der Waals surface area contributed by atoms with Crippen LogP contribution in [0.3, 0.4) is 0 Å². The Bertz CT molecular complexity index is 168. The molecular formula is C7H8O2. The van der Waals surface area contributed by atoms with E-state index in [4.69, 9.17) is 9.47 Å². The van der Waals surface area contributed by atoms with E-state index < -0.39 is 0 Å². The Balaban J connectivity index is 2.69. The van der Waals surface area contributed by atoms with Crippen molar-refractivity contribution in [3.05, 3.63) is 36.8 Å². The second-order valence-corrected chi connectivity index (χ2v) is 1.60. The zero-order valence-corrected chi connectivity index (χ0v) is 5.09. The van der Waals surface area contributed by atoms with Gasteiger partial charge in [-0.1, -0.05) is 19.2 Å². The number of hydrogen-bond acceptors (Lipinski definition) is 2. The molecule has 0 unspecified atom stereocenters. The first-order valence-corrected chi connectivity index (χ1v) is 2.62. The minimum absolute atomic E-state index is 0.276. The standard InChI is InChI=1S/C7H8O2/c1-3-4-7-6(2)8-5-9-7/h3-4H,1-2,5H2/b7-4+. The maximum absolute atomic E-state index is 4.97. The predicted molar refractivity (Wildman–Crippen MR) is 34.5 cm³/mol. The van der Waals surface area contributed by atoms with Crippen molar-refractivity contribution in [3.63, 3.8) is 0 Å². The third kappa shape index (κ3) is 1.13. The number of rotatable bonds is 1. The first-order valence-electron chi connectivity index (χ1n) is 2.62. The summed E-state index contributed by atoms with van der Waals surface area (Å²) in [6, 6.07) is 0. The minimum Gasteiger partial charge on any atom is -0.454 e. The molecule has 1 fully saturated rings. The van der Waals surface area contributed by atoms with Gasteiger partial charge in [0.25, 0.3) is 0 Å². The zero-order valence-electron chi connectivity index (χ0n) is 5.09. The van der Waals surface area contributed by atoms with Crippen LogP contribution in [0.4, 0.5) is 0 Å². The van der Waals surface area contributed by atoms with Crippen molar-refractivity contribution in [1.82, 2.24) is 0 Å². The number of hydrogen-bond donors (Lipinski definition) is 0. The van der Waals surface area contributed by atoms with Crippen LogP contribution in [-0.2, 0) is 9.47 Å². The van der Waals surface area contributed by atoms with Gasteiger partial charge in [-0.2, -0.15) is 0 Å². The zero-order chi connectivity index (χ0) is 6.69. The van der Waals surface area contributed by atoms with Crippen LogP contribution >= 0.6 is 0 Å². The number of ether oxygens (including phenoxy) is 2. The molecule has 9 heavy (non-hydrogen) atoms. The molecule has 1 aliphatic rings. The van der Waals surface area contributed by atoms with Gasteiger partial charge in [0.15, 0.2) is 11.5 Å². The SMILES string of the molecule is C=C/C=C1/OCOC1=C. The Morgan fingerprint density at radius 1 is 1.44 bits per heavy atom. The lowest BCUT2D eigenvalue weighted by Gasteiger charge is -1.88. The Hall–Kier alpha value is -1.18. The highest BCUT2D eigenvalue weighted by Crippen LogP contribution is 2.17. The van der Waals surface area contributed by atoms with Crippen molar-refractivity contribution in [3.8, 4) is 0 Å². The van der Waals surface area contributed by atoms with Gasteiger partial charge in [0.2, 0.25) is 6.79 Å². The summed E-state index contributed by atoms with van der Waals surface area (Å²) in [5.74, 6) is 1.25. The topological polar surface area (TPSA) is 18.5 Å². The molecular weight excluding hydrogens is 116 g/mol. The van der Waals surface area contributed by atoms with E-state index >= 15 is 0 Å². The van der Waals surface area contributed by atoms with Gasteiger partial charge < -0.3 is 9.47 Å². The van der Waals surface area contributed by atoms with Crippen molar-refractivity contribution in [2.24, 2.45) is 0 Å². The van der Waals surface area contributed by atoms with Crippen molar-refractivity contribution < 1.29 is 9.47 Å². The summed E-state index contributed by atoms with van der Waals surface area (Å²) < 4.78 is 9.86. The quantitative estimate of drug-likeness (QED) is 0.528. The van der Waals surface area contributed by atoms with Gasteiger partial charge in [0, 0.05) is 0 Å². The van der Waals surface area contributed by atoms with Crippen LogP contribution in [-0.4, -0.2) is 6.79 Å². The molecule has 0 spiro atoms. The van der Waals surface area contributed by atoms with E-state index in [9.17, 15) is 0 Å². The van der Waals surface area contributed by atoms with Gasteiger partial charge in [0.1, 0.15) is 0 Å². The van der Waals surface area contributed by atoms with Crippen LogP contribution in [0.25, 0.3) is 0 Å². The highest BCUT2D eigenvalue weighted by atomic mass is 16.7. The summed E-state index contributed by atoms with van der Waals surface area (Å²) >= 11 is 0. The molecule has 0 aliphatic carbocycles. The van der Waals surface area contributed by atoms with E-state index in [1.54, 1.807) is 12.2 Å². The highest BCUT2D eigenvalue weighted by Gasteiger charge is 2.11. The summed E-state index contributed by atoms with van der Waals surface area (Å²) in [4.78, 5) is 0. The monoisotopic (exact) mass is 124 g/mol. The molecule has 0 aromatic rings. The van der Waals surface area contributed by atoms with Gasteiger partial charge in [-0.05, 0) is 6.08 Å². The molecule has 0 aromatic carbocycles. The molecule has 0 aromatic heterocycles. The molecule has 2 heteroatoms. The van der Waals surface area contributed by atoms with E-state index in [1.807, 2.05) is 0 Å². The van der Waals surface area contributed by atoms with E-state index in [0.717, 1.165) is 0 Å². The fourth-order valence-corrected chi connectivity index (χ4v) is 0.564. The van der Waals surface area contributed by atoms with Crippen LogP contribution in [0, 0.1) is 0 Å². The molecule has 48 valence electrons. The van der Waals surface area contributed by atoms with Crippen molar-refractivity contribution in [1.29, 1.82) is 0 Å². The van der Waals surface area contributed by atoms with Gasteiger partial charge >= 0.3 is 0 Å². The van der Waals surface area contributed by atoms with Crippen molar-refractivity contribution in [2.75, 3.05) is 6.79 Å². The van der Waals surface area contributed by atoms with E-state index in [1.165, 1.54) is 0 Å². The lowest BCUT2D eigenvalue weighted by molar-refractivity contribution is 0.0980. The van der Waals surface area contributed by atoms with Gasteiger partial charge in [0.05, 0.1) is 0 Å². The molecule has 1 rings (SSSR count). The van der Waals surface area contributed by atoms with Gasteiger partial charge in [-0.25, -0.2) is 0 Å². The maximum Gasteiger partial charge on any atom is 0.231 e. The average molecular weight is 124 g/mol. The number of allylic oxidation sites excluding steroid dienone is 2. The van der Waals surface area contributed by atoms with Crippen LogP contribution in [0.15, 0.2) is 36.8 Å². The van der Waals surface area contributed by atoms with Crippen molar-refractivity contribution in [2.45, 2.75) is 0 Å². The lowest BCUT2D eigenvalue weighted by atomic mass is 10.4. The first kappa shape index (κ1) is 5.95. The van der Waals surface area contributed by atoms with Crippen LogP contribution < -0.4 is 0 Å². The minimum atomic E-state index is 0.276. The first-order chi connectivity index (χ1) is 4.34. The average Bonchev–Trinajstić information content (AvgIpc) is 2.18. The molecule has 2 nitrogen and oxygen atoms in total. The third-order valence-electron chi connectivity index (χ3n) is 0.992. The molecule has 1 saturated heterocycles. The Labute approximate surface area is 54.1 Å². The van der Waals surface area contributed by atoms with Crippen LogP contribution in [0.2, 0.25) is 0 Å². The Morgan fingerprint density at radius 2 is 2.22 bits per heavy atom. The normalized spacial score (nSPS) is 21.3. The maximum atomic E-state index is 4.97. The highest BCUT2D eigenvalue weighted by molar-refractivity contribution is 5.22.